The normalized spacial score (nSPS) is 10.9. The molecule has 0 aliphatic rings. The molecule has 6 nitrogen and oxygen atoms in total. The van der Waals surface area contributed by atoms with Crippen molar-refractivity contribution in [2.75, 3.05) is 0 Å². The molecule has 0 amide bonds. The number of aromatic carboxylic acids is 1. The number of carbonyl (C=O) groups is 1. The van der Waals surface area contributed by atoms with Gasteiger partial charge in [0.15, 0.2) is 5.69 Å². The first-order valence-electron chi connectivity index (χ1n) is 4.93. The highest BCUT2D eigenvalue weighted by atomic mass is 16.4. The van der Waals surface area contributed by atoms with E-state index in [-0.39, 0.29) is 11.7 Å². The van der Waals surface area contributed by atoms with Crippen LogP contribution in [0.25, 0.3) is 11.4 Å². The molecule has 0 aromatic carbocycles. The number of hydrogen-bond acceptors (Lipinski definition) is 3. The molecule has 0 atom stereocenters. The zero-order chi connectivity index (χ0) is 11.7. The van der Waals surface area contributed by atoms with E-state index in [1.807, 2.05) is 13.8 Å². The van der Waals surface area contributed by atoms with Gasteiger partial charge in [-0.25, -0.2) is 4.79 Å². The second-order valence-electron chi connectivity index (χ2n) is 3.70. The van der Waals surface area contributed by atoms with Crippen molar-refractivity contribution in [3.8, 4) is 11.4 Å². The Morgan fingerprint density at radius 2 is 2.25 bits per heavy atom. The van der Waals surface area contributed by atoms with E-state index < -0.39 is 5.97 Å². The first-order chi connectivity index (χ1) is 7.59. The molecule has 0 saturated carbocycles. The van der Waals surface area contributed by atoms with Gasteiger partial charge in [-0.1, -0.05) is 0 Å². The number of nitrogens with one attached hydrogen (secondary N) is 1. The summed E-state index contributed by atoms with van der Waals surface area (Å²) in [6.07, 6.45) is 1.72. The maximum absolute atomic E-state index is 11.0. The highest BCUT2D eigenvalue weighted by Crippen LogP contribution is 2.19. The third-order valence-electron chi connectivity index (χ3n) is 2.15. The lowest BCUT2D eigenvalue weighted by Gasteiger charge is -2.00. The van der Waals surface area contributed by atoms with Crippen LogP contribution in [0.15, 0.2) is 18.3 Å². The molecular weight excluding hydrogens is 208 g/mol. The van der Waals surface area contributed by atoms with Gasteiger partial charge in [0, 0.05) is 6.20 Å². The summed E-state index contributed by atoms with van der Waals surface area (Å²) < 4.78 is 0. The second-order valence-corrected chi connectivity index (χ2v) is 3.70. The molecule has 2 aromatic rings. The average Bonchev–Trinajstić information content (AvgIpc) is 2.86. The van der Waals surface area contributed by atoms with Crippen molar-refractivity contribution in [1.29, 1.82) is 0 Å². The van der Waals surface area contributed by atoms with E-state index in [1.54, 1.807) is 18.3 Å². The van der Waals surface area contributed by atoms with Crippen molar-refractivity contribution in [1.82, 2.24) is 20.0 Å². The number of carboxylic acids is 1. The quantitative estimate of drug-likeness (QED) is 0.822. The zero-order valence-electron chi connectivity index (χ0n) is 9.01. The molecule has 6 heteroatoms. The van der Waals surface area contributed by atoms with Gasteiger partial charge in [-0.3, -0.25) is 0 Å². The minimum absolute atomic E-state index is 0.0295. The van der Waals surface area contributed by atoms with Gasteiger partial charge >= 0.3 is 5.97 Å². The first kappa shape index (κ1) is 10.4. The Bertz CT molecular complexity index is 499. The number of aromatic amines is 1. The minimum atomic E-state index is -1.07. The molecule has 16 heavy (non-hydrogen) atoms. The third-order valence-corrected chi connectivity index (χ3v) is 2.15. The van der Waals surface area contributed by atoms with Gasteiger partial charge in [0.05, 0.1) is 11.7 Å². The monoisotopic (exact) mass is 220 g/mol. The van der Waals surface area contributed by atoms with Crippen LogP contribution in [-0.4, -0.2) is 31.1 Å². The highest BCUT2D eigenvalue weighted by molar-refractivity contribution is 5.91. The molecular formula is C10H12N4O2. The van der Waals surface area contributed by atoms with E-state index in [0.717, 1.165) is 0 Å². The fourth-order valence-corrected chi connectivity index (χ4v) is 1.36. The standard InChI is InChI=1S/C10H12N4O2/c1-6(2)14-12-8(7-4-3-5-11-7)9(13-14)10(15)16/h3-6,11H,1-2H3,(H,15,16). The molecule has 0 aliphatic carbocycles. The highest BCUT2D eigenvalue weighted by Gasteiger charge is 2.20. The van der Waals surface area contributed by atoms with Crippen LogP contribution in [0.1, 0.15) is 30.4 Å². The van der Waals surface area contributed by atoms with Gasteiger partial charge in [0.2, 0.25) is 0 Å². The van der Waals surface area contributed by atoms with Crippen molar-refractivity contribution >= 4 is 5.97 Å². The molecule has 0 unspecified atom stereocenters. The predicted molar refractivity (Wildman–Crippen MR) is 57.2 cm³/mol. The molecule has 0 radical (unpaired) electrons. The lowest BCUT2D eigenvalue weighted by atomic mass is 10.2. The van der Waals surface area contributed by atoms with Gasteiger partial charge in [-0.05, 0) is 26.0 Å². The van der Waals surface area contributed by atoms with Gasteiger partial charge in [-0.2, -0.15) is 9.90 Å². The molecule has 0 saturated heterocycles. The SMILES string of the molecule is CC(C)n1nc(C(=O)O)c(-c2ccc[nH]2)n1. The van der Waals surface area contributed by atoms with Crippen LogP contribution in [0, 0.1) is 0 Å². The zero-order valence-corrected chi connectivity index (χ0v) is 9.01. The molecule has 84 valence electrons. The molecule has 2 N–H and O–H groups in total. The Hall–Kier alpha value is -2.11. The average molecular weight is 220 g/mol. The van der Waals surface area contributed by atoms with Gasteiger partial charge < -0.3 is 10.1 Å². The Labute approximate surface area is 91.9 Å². The second kappa shape index (κ2) is 3.80. The van der Waals surface area contributed by atoms with Crippen molar-refractivity contribution in [3.63, 3.8) is 0 Å². The Morgan fingerprint density at radius 3 is 2.75 bits per heavy atom. The number of hydrogen-bond donors (Lipinski definition) is 2. The first-order valence-corrected chi connectivity index (χ1v) is 4.93. The van der Waals surface area contributed by atoms with E-state index in [9.17, 15) is 4.79 Å². The topological polar surface area (TPSA) is 83.8 Å². The fraction of sp³-hybridized carbons (Fsp3) is 0.300. The van der Waals surface area contributed by atoms with Gasteiger partial charge in [0.25, 0.3) is 0 Å². The summed E-state index contributed by atoms with van der Waals surface area (Å²) >= 11 is 0. The molecule has 0 fully saturated rings. The Morgan fingerprint density at radius 1 is 1.50 bits per heavy atom. The van der Waals surface area contributed by atoms with Crippen molar-refractivity contribution < 1.29 is 9.90 Å². The summed E-state index contributed by atoms with van der Waals surface area (Å²) in [5, 5.41) is 17.1. The predicted octanol–water partition coefficient (Wildman–Crippen LogP) is 1.55. The number of nitrogens with zero attached hydrogens (tertiary/aromatic N) is 3. The van der Waals surface area contributed by atoms with E-state index in [1.165, 1.54) is 4.80 Å². The summed E-state index contributed by atoms with van der Waals surface area (Å²) in [6, 6.07) is 3.58. The van der Waals surface area contributed by atoms with Crippen LogP contribution in [0.2, 0.25) is 0 Å². The lowest BCUT2D eigenvalue weighted by Crippen LogP contribution is -2.06. The summed E-state index contributed by atoms with van der Waals surface area (Å²) in [4.78, 5) is 15.3. The molecule has 2 aromatic heterocycles. The lowest BCUT2D eigenvalue weighted by molar-refractivity contribution is 0.0690. The number of rotatable bonds is 3. The molecule has 2 rings (SSSR count). The molecule has 0 spiro atoms. The number of aromatic nitrogens is 4. The summed E-state index contributed by atoms with van der Waals surface area (Å²) in [7, 11) is 0. The van der Waals surface area contributed by atoms with Crippen LogP contribution in [0.5, 0.6) is 0 Å². The van der Waals surface area contributed by atoms with E-state index in [4.69, 9.17) is 5.11 Å². The third kappa shape index (κ3) is 1.69. The Kier molecular flexibility index (Phi) is 2.47. The van der Waals surface area contributed by atoms with Crippen molar-refractivity contribution in [2.45, 2.75) is 19.9 Å². The minimum Gasteiger partial charge on any atom is -0.476 e. The summed E-state index contributed by atoms with van der Waals surface area (Å²) in [5.41, 5.74) is 0.992. The van der Waals surface area contributed by atoms with Crippen LogP contribution < -0.4 is 0 Å². The van der Waals surface area contributed by atoms with Crippen LogP contribution in [0.3, 0.4) is 0 Å². The van der Waals surface area contributed by atoms with E-state index >= 15 is 0 Å². The maximum Gasteiger partial charge on any atom is 0.358 e. The van der Waals surface area contributed by atoms with Gasteiger partial charge in [-0.15, -0.1) is 5.10 Å². The molecule has 2 heterocycles. The van der Waals surface area contributed by atoms with Crippen LogP contribution in [0.4, 0.5) is 0 Å². The van der Waals surface area contributed by atoms with Gasteiger partial charge in [0.1, 0.15) is 5.69 Å². The largest absolute Gasteiger partial charge is 0.476 e. The van der Waals surface area contributed by atoms with Crippen LogP contribution in [-0.2, 0) is 0 Å². The summed E-state index contributed by atoms with van der Waals surface area (Å²) in [6.45, 7) is 3.79. The maximum atomic E-state index is 11.0. The number of H-pyrrole nitrogens is 1. The number of carboxylic acid groups (broad SMARTS) is 1. The van der Waals surface area contributed by atoms with E-state index in [2.05, 4.69) is 15.2 Å². The van der Waals surface area contributed by atoms with E-state index in [0.29, 0.717) is 11.4 Å². The van der Waals surface area contributed by atoms with Crippen molar-refractivity contribution in [3.05, 3.63) is 24.0 Å². The molecule has 0 aliphatic heterocycles. The Balaban J connectivity index is 2.55. The fourth-order valence-electron chi connectivity index (χ4n) is 1.36. The van der Waals surface area contributed by atoms with Crippen molar-refractivity contribution in [2.24, 2.45) is 0 Å². The smallest absolute Gasteiger partial charge is 0.358 e. The van der Waals surface area contributed by atoms with Crippen LogP contribution >= 0.6 is 0 Å². The summed E-state index contributed by atoms with van der Waals surface area (Å²) in [5.74, 6) is -1.07. The molecule has 0 bridgehead atoms.